The molecule has 0 spiro atoms. The van der Waals surface area contributed by atoms with Gasteiger partial charge in [0.05, 0.1) is 12.6 Å². The van der Waals surface area contributed by atoms with Gasteiger partial charge in [0.15, 0.2) is 0 Å². The molecular weight excluding hydrogens is 434 g/mol. The molecule has 0 radical (unpaired) electrons. The van der Waals surface area contributed by atoms with Gasteiger partial charge in [0.25, 0.3) is 5.91 Å². The van der Waals surface area contributed by atoms with E-state index in [9.17, 15) is 9.59 Å². The molecule has 0 saturated carbocycles. The van der Waals surface area contributed by atoms with E-state index in [0.29, 0.717) is 48.9 Å². The molecule has 9 heteroatoms. The fourth-order valence-electron chi connectivity index (χ4n) is 3.80. The Balaban J connectivity index is 1.46. The number of benzene rings is 1. The predicted molar refractivity (Wildman–Crippen MR) is 118 cm³/mol. The third kappa shape index (κ3) is 5.20. The highest BCUT2D eigenvalue weighted by molar-refractivity contribution is 6.30. The molecule has 1 aromatic heterocycles. The molecule has 8 nitrogen and oxygen atoms in total. The largest absolute Gasteiger partial charge is 0.490 e. The predicted octanol–water partition coefficient (Wildman–Crippen LogP) is 3.03. The van der Waals surface area contributed by atoms with Crippen LogP contribution in [-0.4, -0.2) is 58.9 Å². The summed E-state index contributed by atoms with van der Waals surface area (Å²) in [5.74, 6) is 0.178. The van der Waals surface area contributed by atoms with E-state index in [-0.39, 0.29) is 36.4 Å². The van der Waals surface area contributed by atoms with Crippen LogP contribution in [0.2, 0.25) is 5.02 Å². The summed E-state index contributed by atoms with van der Waals surface area (Å²) in [6.45, 7) is 1.15. The van der Waals surface area contributed by atoms with Crippen molar-refractivity contribution in [3.05, 3.63) is 64.4 Å². The van der Waals surface area contributed by atoms with Gasteiger partial charge in [-0.25, -0.2) is 4.79 Å². The van der Waals surface area contributed by atoms with Crippen LogP contribution in [-0.2, 0) is 11.3 Å². The number of rotatable bonds is 7. The minimum absolute atomic E-state index is 0.00154. The number of carbonyl (C=O) groups is 2. The number of fused-ring (bicyclic) bond motifs is 1. The first-order valence-electron chi connectivity index (χ1n) is 10.4. The molecule has 0 unspecified atom stereocenters. The van der Waals surface area contributed by atoms with Gasteiger partial charge in [-0.1, -0.05) is 35.9 Å². The number of cyclic esters (lactones) is 1. The molecule has 1 aromatic carbocycles. The molecule has 2 amide bonds. The molecule has 2 fully saturated rings. The molecule has 0 bridgehead atoms. The number of piperidine rings is 1. The average molecular weight is 458 g/mol. The summed E-state index contributed by atoms with van der Waals surface area (Å²) in [6, 6.07) is 8.83. The number of aliphatic hydroxyl groups excluding tert-OH is 1. The molecule has 2 saturated heterocycles. The zero-order valence-corrected chi connectivity index (χ0v) is 18.1. The van der Waals surface area contributed by atoms with Gasteiger partial charge in [-0.3, -0.25) is 9.78 Å². The number of hydrogen-bond acceptors (Lipinski definition) is 6. The van der Waals surface area contributed by atoms with Crippen molar-refractivity contribution in [2.45, 2.75) is 31.5 Å². The molecule has 0 aliphatic carbocycles. The molecule has 2 atom stereocenters. The van der Waals surface area contributed by atoms with E-state index in [1.54, 1.807) is 41.4 Å². The van der Waals surface area contributed by atoms with Gasteiger partial charge in [0.1, 0.15) is 24.2 Å². The summed E-state index contributed by atoms with van der Waals surface area (Å²) in [5.41, 5.74) is 1.81. The number of aliphatic hydroxyl groups is 1. The van der Waals surface area contributed by atoms with Crippen LogP contribution in [0.4, 0.5) is 4.79 Å². The summed E-state index contributed by atoms with van der Waals surface area (Å²) < 4.78 is 11.4. The minimum atomic E-state index is -0.327. The van der Waals surface area contributed by atoms with E-state index < -0.39 is 0 Å². The molecule has 3 heterocycles. The lowest BCUT2D eigenvalue weighted by Gasteiger charge is -2.32. The molecule has 168 valence electrons. The Morgan fingerprint density at radius 2 is 2.19 bits per heavy atom. The van der Waals surface area contributed by atoms with Crippen LogP contribution in [0.25, 0.3) is 6.08 Å². The maximum Gasteiger partial charge on any atom is 0.410 e. The Labute approximate surface area is 190 Å². The van der Waals surface area contributed by atoms with Crippen LogP contribution >= 0.6 is 11.6 Å². The van der Waals surface area contributed by atoms with E-state index >= 15 is 0 Å². The van der Waals surface area contributed by atoms with Crippen LogP contribution < -0.4 is 10.1 Å². The Hall–Kier alpha value is -3.10. The molecule has 2 aliphatic rings. The van der Waals surface area contributed by atoms with E-state index in [4.69, 9.17) is 26.2 Å². The fourth-order valence-corrected chi connectivity index (χ4v) is 3.93. The van der Waals surface area contributed by atoms with Crippen molar-refractivity contribution >= 4 is 29.7 Å². The second kappa shape index (κ2) is 10.0. The molecule has 2 aromatic rings. The monoisotopic (exact) mass is 457 g/mol. The van der Waals surface area contributed by atoms with Gasteiger partial charge in [-0.15, -0.1) is 0 Å². The first kappa shape index (κ1) is 22.1. The number of hydrogen-bond donors (Lipinski definition) is 2. The SMILES string of the molecule is O=C(NCc1ccc(Cl)cc1)c1cc(O[C@H]2CCN3C(=O)OC[C@@H]3C2)c(/C=C/CO)cn1. The number of nitrogens with zero attached hydrogens (tertiary/aromatic N) is 2. The van der Waals surface area contributed by atoms with Crippen LogP contribution in [0.15, 0.2) is 42.6 Å². The van der Waals surface area contributed by atoms with Crippen molar-refractivity contribution in [2.24, 2.45) is 0 Å². The number of nitrogens with one attached hydrogen (secondary N) is 1. The van der Waals surface area contributed by atoms with Gasteiger partial charge >= 0.3 is 6.09 Å². The maximum atomic E-state index is 12.7. The summed E-state index contributed by atoms with van der Waals surface area (Å²) >= 11 is 5.90. The lowest BCUT2D eigenvalue weighted by Crippen LogP contribution is -2.44. The Morgan fingerprint density at radius 1 is 1.38 bits per heavy atom. The van der Waals surface area contributed by atoms with Gasteiger partial charge < -0.3 is 24.8 Å². The summed E-state index contributed by atoms with van der Waals surface area (Å²) in [4.78, 5) is 30.4. The number of pyridine rings is 1. The summed E-state index contributed by atoms with van der Waals surface area (Å²) in [6.07, 6.45) is 5.74. The van der Waals surface area contributed by atoms with E-state index in [0.717, 1.165) is 5.56 Å². The maximum absolute atomic E-state index is 12.7. The van der Waals surface area contributed by atoms with Crippen molar-refractivity contribution in [1.29, 1.82) is 0 Å². The second-order valence-corrected chi connectivity index (χ2v) is 8.13. The Bertz CT molecular complexity index is 1010. The van der Waals surface area contributed by atoms with Crippen molar-refractivity contribution in [2.75, 3.05) is 19.8 Å². The van der Waals surface area contributed by atoms with E-state index in [2.05, 4.69) is 10.3 Å². The average Bonchev–Trinajstić information content (AvgIpc) is 3.17. The topological polar surface area (TPSA) is 101 Å². The minimum Gasteiger partial charge on any atom is -0.490 e. The van der Waals surface area contributed by atoms with Crippen molar-refractivity contribution < 1.29 is 24.2 Å². The van der Waals surface area contributed by atoms with Crippen molar-refractivity contribution in [3.8, 4) is 5.75 Å². The number of aromatic nitrogens is 1. The molecular formula is C23H24ClN3O5. The molecule has 2 N–H and O–H groups in total. The first-order chi connectivity index (χ1) is 15.5. The van der Waals surface area contributed by atoms with Crippen LogP contribution in [0.5, 0.6) is 5.75 Å². The van der Waals surface area contributed by atoms with Gasteiger partial charge in [-0.2, -0.15) is 0 Å². The highest BCUT2D eigenvalue weighted by atomic mass is 35.5. The third-order valence-corrected chi connectivity index (χ3v) is 5.74. The fraction of sp³-hybridized carbons (Fsp3) is 0.348. The number of ether oxygens (including phenoxy) is 2. The van der Waals surface area contributed by atoms with Gasteiger partial charge in [0, 0.05) is 48.8 Å². The van der Waals surface area contributed by atoms with E-state index in [1.165, 1.54) is 0 Å². The first-order valence-corrected chi connectivity index (χ1v) is 10.8. The lowest BCUT2D eigenvalue weighted by molar-refractivity contribution is 0.0911. The van der Waals surface area contributed by atoms with Gasteiger partial charge in [-0.05, 0) is 17.7 Å². The van der Waals surface area contributed by atoms with Crippen molar-refractivity contribution in [3.63, 3.8) is 0 Å². The van der Waals surface area contributed by atoms with E-state index in [1.807, 2.05) is 12.1 Å². The molecule has 2 aliphatic heterocycles. The van der Waals surface area contributed by atoms with Crippen LogP contribution in [0.1, 0.15) is 34.5 Å². The van der Waals surface area contributed by atoms with Crippen LogP contribution in [0.3, 0.4) is 0 Å². The number of halogens is 1. The number of carbonyl (C=O) groups excluding carboxylic acids is 2. The highest BCUT2D eigenvalue weighted by Crippen LogP contribution is 2.29. The standard InChI is InChI=1S/C23H24ClN3O5/c24-17-5-3-15(4-6-17)12-26-22(29)20-11-21(16(13-25-20)2-1-9-28)32-19-7-8-27-18(10-19)14-31-23(27)30/h1-6,11,13,18-19,28H,7-10,12,14H2,(H,26,29)/b2-1+/t18-,19-/m0/s1. The molecule has 32 heavy (non-hydrogen) atoms. The smallest absolute Gasteiger partial charge is 0.410 e. The lowest BCUT2D eigenvalue weighted by atomic mass is 10.0. The summed E-state index contributed by atoms with van der Waals surface area (Å²) in [7, 11) is 0. The summed E-state index contributed by atoms with van der Waals surface area (Å²) in [5, 5.41) is 12.6. The number of amides is 2. The third-order valence-electron chi connectivity index (χ3n) is 5.49. The zero-order chi connectivity index (χ0) is 22.5. The normalized spacial score (nSPS) is 20.2. The van der Waals surface area contributed by atoms with Crippen LogP contribution in [0, 0.1) is 0 Å². The quantitative estimate of drug-likeness (QED) is 0.662. The van der Waals surface area contributed by atoms with Gasteiger partial charge in [0.2, 0.25) is 0 Å². The highest BCUT2D eigenvalue weighted by Gasteiger charge is 2.39. The zero-order valence-electron chi connectivity index (χ0n) is 17.4. The second-order valence-electron chi connectivity index (χ2n) is 7.69. The Morgan fingerprint density at radius 3 is 2.97 bits per heavy atom. The molecule has 4 rings (SSSR count). The Kier molecular flexibility index (Phi) is 6.92. The van der Waals surface area contributed by atoms with Crippen molar-refractivity contribution in [1.82, 2.24) is 15.2 Å².